The van der Waals surface area contributed by atoms with Crippen molar-refractivity contribution in [2.75, 3.05) is 39.2 Å². The summed E-state index contributed by atoms with van der Waals surface area (Å²) in [4.78, 5) is 36.4. The van der Waals surface area contributed by atoms with E-state index in [1.807, 2.05) is 67.5 Å². The Bertz CT molecular complexity index is 1440. The third kappa shape index (κ3) is 5.23. The van der Waals surface area contributed by atoms with Crippen molar-refractivity contribution in [1.29, 1.82) is 0 Å². The number of methoxy groups -OCH3 is 1. The van der Waals surface area contributed by atoms with Crippen LogP contribution in [0.4, 0.5) is 5.69 Å². The van der Waals surface area contributed by atoms with E-state index in [2.05, 4.69) is 17.1 Å². The van der Waals surface area contributed by atoms with Gasteiger partial charge in [-0.2, -0.15) is 0 Å². The summed E-state index contributed by atoms with van der Waals surface area (Å²) in [7, 11) is 5.55. The normalized spacial score (nSPS) is 17.3. The number of benzene rings is 3. The second-order valence-corrected chi connectivity index (χ2v) is 10.5. The van der Waals surface area contributed by atoms with Crippen molar-refractivity contribution < 1.29 is 19.1 Å². The van der Waals surface area contributed by atoms with Gasteiger partial charge in [-0.15, -0.1) is 11.8 Å². The molecule has 0 aliphatic carbocycles. The molecular weight excluding hydrogens is 498 g/mol. The molecule has 0 spiro atoms. The van der Waals surface area contributed by atoms with Crippen LogP contribution in [-0.4, -0.2) is 62.2 Å². The Morgan fingerprint density at radius 2 is 1.82 bits per heavy atom. The van der Waals surface area contributed by atoms with Gasteiger partial charge in [-0.3, -0.25) is 9.78 Å². The number of nitrogens with zero attached hydrogens (tertiary/aromatic N) is 3. The first-order chi connectivity index (χ1) is 18.5. The topological polar surface area (TPSA) is 72.0 Å². The molecule has 0 N–H and O–H groups in total. The van der Waals surface area contributed by atoms with E-state index in [0.29, 0.717) is 24.4 Å². The van der Waals surface area contributed by atoms with Gasteiger partial charge in [0.15, 0.2) is 6.10 Å². The molecule has 7 nitrogen and oxygen atoms in total. The number of hydrogen-bond acceptors (Lipinski definition) is 7. The molecule has 0 unspecified atom stereocenters. The highest BCUT2D eigenvalue weighted by atomic mass is 32.2. The van der Waals surface area contributed by atoms with Crippen molar-refractivity contribution in [3.8, 4) is 5.75 Å². The van der Waals surface area contributed by atoms with Crippen LogP contribution in [0.15, 0.2) is 90.1 Å². The Kier molecular flexibility index (Phi) is 7.62. The molecule has 0 radical (unpaired) electrons. The lowest BCUT2D eigenvalue weighted by Crippen LogP contribution is -2.45. The summed E-state index contributed by atoms with van der Waals surface area (Å²) in [5.41, 5.74) is 1.98. The highest BCUT2D eigenvalue weighted by Gasteiger charge is 2.42. The molecule has 0 saturated carbocycles. The Balaban J connectivity index is 1.65. The summed E-state index contributed by atoms with van der Waals surface area (Å²) in [5, 5.41) is 1.65. The number of carbonyl (C=O) groups is 2. The first-order valence-corrected chi connectivity index (χ1v) is 13.2. The molecular formula is C30H29N3O4S. The molecule has 2 atom stereocenters. The van der Waals surface area contributed by atoms with Gasteiger partial charge in [0.1, 0.15) is 5.75 Å². The van der Waals surface area contributed by atoms with Crippen LogP contribution < -0.4 is 9.64 Å². The maximum absolute atomic E-state index is 14.3. The number of anilines is 1. The van der Waals surface area contributed by atoms with Crippen molar-refractivity contribution >= 4 is 40.1 Å². The number of fused-ring (bicyclic) bond motifs is 3. The molecule has 0 saturated heterocycles. The Morgan fingerprint density at radius 1 is 1.03 bits per heavy atom. The van der Waals surface area contributed by atoms with E-state index >= 15 is 0 Å². The molecule has 194 valence electrons. The molecule has 5 rings (SSSR count). The maximum Gasteiger partial charge on any atom is 0.340 e. The minimum absolute atomic E-state index is 0.258. The van der Waals surface area contributed by atoms with Crippen molar-refractivity contribution in [2.24, 2.45) is 0 Å². The molecule has 1 aromatic heterocycles. The zero-order chi connectivity index (χ0) is 26.6. The predicted molar refractivity (Wildman–Crippen MR) is 150 cm³/mol. The fourth-order valence-corrected chi connectivity index (χ4v) is 5.96. The van der Waals surface area contributed by atoms with Gasteiger partial charge in [0.25, 0.3) is 5.91 Å². The zero-order valence-corrected chi connectivity index (χ0v) is 22.4. The molecule has 1 amide bonds. The van der Waals surface area contributed by atoms with Crippen molar-refractivity contribution in [2.45, 2.75) is 16.2 Å². The van der Waals surface area contributed by atoms with Crippen molar-refractivity contribution in [3.05, 3.63) is 96.3 Å². The number of pyridine rings is 1. The highest BCUT2D eigenvalue weighted by molar-refractivity contribution is 8.00. The van der Waals surface area contributed by atoms with Gasteiger partial charge in [0.05, 0.1) is 23.6 Å². The second-order valence-electron chi connectivity index (χ2n) is 9.31. The lowest BCUT2D eigenvalue weighted by Gasteiger charge is -2.28. The minimum Gasteiger partial charge on any atom is -0.497 e. The van der Waals surface area contributed by atoms with E-state index in [1.165, 1.54) is 6.20 Å². The SMILES string of the molecule is COc1ccc([C@@H]2Sc3c(ccc4ccccc34)N(CCN(C)C)C(=O)[C@@H]2OC(=O)c2cccnc2)cc1. The average Bonchev–Trinajstić information content (AvgIpc) is 3.06. The van der Waals surface area contributed by atoms with E-state index < -0.39 is 17.3 Å². The predicted octanol–water partition coefficient (Wildman–Crippen LogP) is 5.21. The van der Waals surface area contributed by atoms with Crippen LogP contribution in [-0.2, 0) is 9.53 Å². The first-order valence-electron chi connectivity index (χ1n) is 12.4. The number of esters is 1. The van der Waals surface area contributed by atoms with Gasteiger partial charge in [0.2, 0.25) is 0 Å². The van der Waals surface area contributed by atoms with E-state index in [9.17, 15) is 9.59 Å². The monoisotopic (exact) mass is 527 g/mol. The number of amides is 1. The summed E-state index contributed by atoms with van der Waals surface area (Å²) in [5.74, 6) is -0.133. The molecule has 38 heavy (non-hydrogen) atoms. The fourth-order valence-electron chi connectivity index (χ4n) is 4.50. The van der Waals surface area contributed by atoms with Gasteiger partial charge in [-0.25, -0.2) is 4.79 Å². The third-order valence-corrected chi connectivity index (χ3v) is 7.96. The Morgan fingerprint density at radius 3 is 2.53 bits per heavy atom. The smallest absolute Gasteiger partial charge is 0.340 e. The van der Waals surface area contributed by atoms with Gasteiger partial charge in [-0.1, -0.05) is 42.5 Å². The third-order valence-electron chi connectivity index (χ3n) is 6.53. The fraction of sp³-hybridized carbons (Fsp3) is 0.233. The summed E-state index contributed by atoms with van der Waals surface area (Å²) in [6.07, 6.45) is 1.98. The first kappa shape index (κ1) is 25.8. The number of rotatable bonds is 7. The lowest BCUT2D eigenvalue weighted by molar-refractivity contribution is -0.127. The van der Waals surface area contributed by atoms with Crippen LogP contribution >= 0.6 is 11.8 Å². The number of thioether (sulfide) groups is 1. The molecule has 4 aromatic rings. The standard InChI is InChI=1S/C30H29N3O4S/c1-32(2)17-18-33-25-15-12-20-7-4-5-9-24(20)28(25)38-27(21-10-13-23(36-3)14-11-21)26(29(33)34)37-30(35)22-8-6-16-31-19-22/h4-16,19,26-27H,17-18H2,1-3H3/t26-,27+/m1/s1. The van der Waals surface area contributed by atoms with Crippen LogP contribution in [0.5, 0.6) is 5.75 Å². The number of aromatic nitrogens is 1. The number of likely N-dealkylation sites (N-methyl/N-ethyl adjacent to an activating group) is 1. The second kappa shape index (κ2) is 11.2. The summed E-state index contributed by atoms with van der Waals surface area (Å²) in [6, 6.07) is 23.1. The van der Waals surface area contributed by atoms with Crippen molar-refractivity contribution in [3.63, 3.8) is 0 Å². The summed E-state index contributed by atoms with van der Waals surface area (Å²) >= 11 is 1.55. The molecule has 8 heteroatoms. The van der Waals surface area contributed by atoms with E-state index in [4.69, 9.17) is 9.47 Å². The lowest BCUT2D eigenvalue weighted by atomic mass is 10.0. The molecule has 1 aliphatic rings. The number of carbonyl (C=O) groups excluding carboxylic acids is 2. The number of ether oxygens (including phenoxy) is 2. The minimum atomic E-state index is -1.06. The quantitative estimate of drug-likeness (QED) is 0.306. The average molecular weight is 528 g/mol. The van der Waals surface area contributed by atoms with E-state index in [-0.39, 0.29) is 5.91 Å². The van der Waals surface area contributed by atoms with Crippen LogP contribution in [0.2, 0.25) is 0 Å². The Labute approximate surface area is 226 Å². The van der Waals surface area contributed by atoms with Gasteiger partial charge < -0.3 is 19.3 Å². The summed E-state index contributed by atoms with van der Waals surface area (Å²) < 4.78 is 11.4. The number of hydrogen-bond donors (Lipinski definition) is 0. The van der Waals surface area contributed by atoms with Crippen LogP contribution in [0.25, 0.3) is 10.8 Å². The van der Waals surface area contributed by atoms with E-state index in [1.54, 1.807) is 42.1 Å². The van der Waals surface area contributed by atoms with Crippen LogP contribution in [0.1, 0.15) is 21.2 Å². The van der Waals surface area contributed by atoms with Gasteiger partial charge in [0, 0.05) is 30.4 Å². The zero-order valence-electron chi connectivity index (χ0n) is 21.5. The van der Waals surface area contributed by atoms with Crippen molar-refractivity contribution in [1.82, 2.24) is 9.88 Å². The van der Waals surface area contributed by atoms with Crippen LogP contribution in [0, 0.1) is 0 Å². The molecule has 1 aliphatic heterocycles. The molecule has 0 fully saturated rings. The highest BCUT2D eigenvalue weighted by Crippen LogP contribution is 2.49. The molecule has 3 aromatic carbocycles. The summed E-state index contributed by atoms with van der Waals surface area (Å²) in [6.45, 7) is 1.10. The largest absolute Gasteiger partial charge is 0.497 e. The van der Waals surface area contributed by atoms with E-state index in [0.717, 1.165) is 26.9 Å². The Hall–Kier alpha value is -3.88. The maximum atomic E-state index is 14.3. The molecule has 2 heterocycles. The van der Waals surface area contributed by atoms with Gasteiger partial charge in [-0.05, 0) is 60.8 Å². The van der Waals surface area contributed by atoms with Crippen LogP contribution in [0.3, 0.4) is 0 Å². The molecule has 0 bridgehead atoms. The van der Waals surface area contributed by atoms with Gasteiger partial charge >= 0.3 is 5.97 Å².